The van der Waals surface area contributed by atoms with E-state index < -0.39 is 0 Å². The molecule has 1 saturated heterocycles. The molecule has 0 radical (unpaired) electrons. The molecule has 0 amide bonds. The molecule has 0 aliphatic carbocycles. The molecule has 14 heavy (non-hydrogen) atoms. The first kappa shape index (κ1) is 9.68. The van der Waals surface area contributed by atoms with Gasteiger partial charge in [-0.2, -0.15) is 0 Å². The lowest BCUT2D eigenvalue weighted by atomic mass is 10.0. The molecule has 0 unspecified atom stereocenters. The van der Waals surface area contributed by atoms with Crippen LogP contribution in [0.2, 0.25) is 0 Å². The maximum absolute atomic E-state index is 5.63. The molecule has 78 valence electrons. The molecular formula is C10H16N2O2. The van der Waals surface area contributed by atoms with E-state index in [-0.39, 0.29) is 0 Å². The number of aromatic nitrogens is 1. The Morgan fingerprint density at radius 2 is 2.29 bits per heavy atom. The molecule has 4 heteroatoms. The zero-order valence-corrected chi connectivity index (χ0v) is 8.45. The minimum absolute atomic E-state index is 0.453. The Morgan fingerprint density at radius 3 is 3.00 bits per heavy atom. The van der Waals surface area contributed by atoms with E-state index >= 15 is 0 Å². The summed E-state index contributed by atoms with van der Waals surface area (Å²) in [5.74, 6) is 2.24. The summed E-state index contributed by atoms with van der Waals surface area (Å²) in [7, 11) is 1.90. The predicted molar refractivity (Wildman–Crippen MR) is 52.1 cm³/mol. The largest absolute Gasteiger partial charge is 0.444 e. The number of nitrogens with one attached hydrogen (secondary N) is 1. The summed E-state index contributed by atoms with van der Waals surface area (Å²) in [4.78, 5) is 4.30. The first-order valence-corrected chi connectivity index (χ1v) is 5.07. The molecule has 1 N–H and O–H groups in total. The van der Waals surface area contributed by atoms with E-state index in [1.807, 2.05) is 7.05 Å². The zero-order valence-electron chi connectivity index (χ0n) is 8.45. The number of ether oxygens (including phenoxy) is 1. The lowest BCUT2D eigenvalue weighted by Crippen LogP contribution is -2.14. The van der Waals surface area contributed by atoms with Crippen LogP contribution >= 0.6 is 0 Å². The summed E-state index contributed by atoms with van der Waals surface area (Å²) >= 11 is 0. The molecule has 2 heterocycles. The van der Waals surface area contributed by atoms with Gasteiger partial charge in [0, 0.05) is 19.1 Å². The third-order valence-electron chi connectivity index (χ3n) is 2.49. The van der Waals surface area contributed by atoms with Crippen molar-refractivity contribution in [3.63, 3.8) is 0 Å². The maximum atomic E-state index is 5.63. The summed E-state index contributed by atoms with van der Waals surface area (Å²) in [5.41, 5.74) is 0. The van der Waals surface area contributed by atoms with Crippen LogP contribution in [0.5, 0.6) is 0 Å². The lowest BCUT2D eigenvalue weighted by molar-refractivity contribution is 0.0791. The van der Waals surface area contributed by atoms with Crippen molar-refractivity contribution in [3.8, 4) is 0 Å². The van der Waals surface area contributed by atoms with Crippen LogP contribution in [-0.4, -0.2) is 25.2 Å². The van der Waals surface area contributed by atoms with Crippen LogP contribution in [0.3, 0.4) is 0 Å². The van der Waals surface area contributed by atoms with Crippen molar-refractivity contribution in [3.05, 3.63) is 17.8 Å². The lowest BCUT2D eigenvalue weighted by Gasteiger charge is -2.18. The van der Waals surface area contributed by atoms with Gasteiger partial charge < -0.3 is 14.5 Å². The molecule has 0 saturated carbocycles. The Kier molecular flexibility index (Phi) is 3.16. The Balaban J connectivity index is 2.00. The second kappa shape index (κ2) is 4.57. The number of hydrogen-bond acceptors (Lipinski definition) is 4. The van der Waals surface area contributed by atoms with Gasteiger partial charge in [-0.15, -0.1) is 0 Å². The molecule has 4 nitrogen and oxygen atoms in total. The Morgan fingerprint density at radius 1 is 1.50 bits per heavy atom. The van der Waals surface area contributed by atoms with E-state index in [9.17, 15) is 0 Å². The van der Waals surface area contributed by atoms with Crippen molar-refractivity contribution < 1.29 is 9.15 Å². The zero-order chi connectivity index (χ0) is 9.80. The highest BCUT2D eigenvalue weighted by atomic mass is 16.5. The van der Waals surface area contributed by atoms with Gasteiger partial charge in [0.2, 0.25) is 0 Å². The highest BCUT2D eigenvalue weighted by Crippen LogP contribution is 2.26. The SMILES string of the molecule is CNCc1cnc(C2CCOCC2)o1. The van der Waals surface area contributed by atoms with E-state index in [1.165, 1.54) is 0 Å². The van der Waals surface area contributed by atoms with Gasteiger partial charge in [-0.25, -0.2) is 4.98 Å². The normalized spacial score (nSPS) is 18.6. The molecule has 2 rings (SSSR count). The first-order valence-electron chi connectivity index (χ1n) is 5.07. The molecule has 0 bridgehead atoms. The Hall–Kier alpha value is -0.870. The fourth-order valence-electron chi connectivity index (χ4n) is 1.71. The average Bonchev–Trinajstić information content (AvgIpc) is 2.68. The van der Waals surface area contributed by atoms with Crippen molar-refractivity contribution in [1.82, 2.24) is 10.3 Å². The summed E-state index contributed by atoms with van der Waals surface area (Å²) in [5, 5.41) is 3.04. The monoisotopic (exact) mass is 196 g/mol. The van der Waals surface area contributed by atoms with E-state index in [0.29, 0.717) is 5.92 Å². The summed E-state index contributed by atoms with van der Waals surface area (Å²) in [6.07, 6.45) is 3.86. The fourth-order valence-corrected chi connectivity index (χ4v) is 1.71. The number of nitrogens with zero attached hydrogens (tertiary/aromatic N) is 1. The topological polar surface area (TPSA) is 47.3 Å². The number of oxazole rings is 1. The smallest absolute Gasteiger partial charge is 0.197 e. The molecule has 0 aromatic carbocycles. The van der Waals surface area contributed by atoms with Crippen LogP contribution in [0.1, 0.15) is 30.4 Å². The molecule has 1 aromatic rings. The van der Waals surface area contributed by atoms with E-state index in [4.69, 9.17) is 9.15 Å². The van der Waals surface area contributed by atoms with E-state index in [0.717, 1.165) is 44.3 Å². The molecule has 0 atom stereocenters. The Bertz CT molecular complexity index is 279. The Labute approximate surface area is 83.7 Å². The van der Waals surface area contributed by atoms with Crippen LogP contribution < -0.4 is 5.32 Å². The van der Waals surface area contributed by atoms with Gasteiger partial charge in [-0.1, -0.05) is 0 Å². The second-order valence-corrected chi connectivity index (χ2v) is 3.58. The van der Waals surface area contributed by atoms with Crippen LogP contribution in [0.4, 0.5) is 0 Å². The van der Waals surface area contributed by atoms with Gasteiger partial charge in [-0.05, 0) is 19.9 Å². The summed E-state index contributed by atoms with van der Waals surface area (Å²) < 4.78 is 10.9. The predicted octanol–water partition coefficient (Wildman–Crippen LogP) is 1.29. The van der Waals surface area contributed by atoms with Gasteiger partial charge in [0.25, 0.3) is 0 Å². The van der Waals surface area contributed by atoms with Crippen LogP contribution in [0, 0.1) is 0 Å². The summed E-state index contributed by atoms with van der Waals surface area (Å²) in [6, 6.07) is 0. The average molecular weight is 196 g/mol. The quantitative estimate of drug-likeness (QED) is 0.791. The standard InChI is InChI=1S/C10H16N2O2/c1-11-6-9-7-12-10(14-9)8-2-4-13-5-3-8/h7-8,11H,2-6H2,1H3. The van der Waals surface area contributed by atoms with E-state index in [1.54, 1.807) is 6.20 Å². The maximum Gasteiger partial charge on any atom is 0.197 e. The molecule has 1 fully saturated rings. The van der Waals surface area contributed by atoms with Crippen molar-refractivity contribution in [1.29, 1.82) is 0 Å². The third-order valence-corrected chi connectivity index (χ3v) is 2.49. The fraction of sp³-hybridized carbons (Fsp3) is 0.700. The molecule has 0 spiro atoms. The minimum Gasteiger partial charge on any atom is -0.444 e. The molecule has 1 aliphatic rings. The first-order chi connectivity index (χ1) is 6.90. The van der Waals surface area contributed by atoms with Crippen molar-refractivity contribution in [2.24, 2.45) is 0 Å². The van der Waals surface area contributed by atoms with Crippen molar-refractivity contribution in [2.75, 3.05) is 20.3 Å². The van der Waals surface area contributed by atoms with Gasteiger partial charge in [-0.3, -0.25) is 0 Å². The number of rotatable bonds is 3. The highest BCUT2D eigenvalue weighted by molar-refractivity contribution is 4.99. The molecule has 1 aromatic heterocycles. The van der Waals surface area contributed by atoms with E-state index in [2.05, 4.69) is 10.3 Å². The highest BCUT2D eigenvalue weighted by Gasteiger charge is 2.20. The molecule has 1 aliphatic heterocycles. The van der Waals surface area contributed by atoms with Crippen LogP contribution in [-0.2, 0) is 11.3 Å². The second-order valence-electron chi connectivity index (χ2n) is 3.58. The van der Waals surface area contributed by atoms with Gasteiger partial charge in [0.05, 0.1) is 12.7 Å². The van der Waals surface area contributed by atoms with Crippen LogP contribution in [0.25, 0.3) is 0 Å². The van der Waals surface area contributed by atoms with Crippen molar-refractivity contribution >= 4 is 0 Å². The van der Waals surface area contributed by atoms with Gasteiger partial charge in [0.1, 0.15) is 5.76 Å². The summed E-state index contributed by atoms with van der Waals surface area (Å²) in [6.45, 7) is 2.40. The minimum atomic E-state index is 0.453. The number of hydrogen-bond donors (Lipinski definition) is 1. The van der Waals surface area contributed by atoms with Gasteiger partial charge in [0.15, 0.2) is 5.89 Å². The van der Waals surface area contributed by atoms with Gasteiger partial charge >= 0.3 is 0 Å². The van der Waals surface area contributed by atoms with Crippen molar-refractivity contribution in [2.45, 2.75) is 25.3 Å². The molecular weight excluding hydrogens is 180 g/mol. The van der Waals surface area contributed by atoms with Crippen LogP contribution in [0.15, 0.2) is 10.6 Å². The third kappa shape index (κ3) is 2.13.